The molecule has 0 bridgehead atoms. The van der Waals surface area contributed by atoms with Gasteiger partial charge in [-0.25, -0.2) is 0 Å². The zero-order valence-corrected chi connectivity index (χ0v) is 14.7. The molecule has 132 valence electrons. The number of hydrogen-bond donors (Lipinski definition) is 4. The van der Waals surface area contributed by atoms with Gasteiger partial charge in [-0.15, -0.1) is 9.05 Å². The lowest BCUT2D eigenvalue weighted by molar-refractivity contribution is -0.0328. The Morgan fingerprint density at radius 1 is 0.773 bits per heavy atom. The Morgan fingerprint density at radius 3 is 1.27 bits per heavy atom. The smallest absolute Gasteiger partial charge is 0.396 e. The van der Waals surface area contributed by atoms with E-state index in [9.17, 15) is 9.13 Å². The molecule has 2 atom stereocenters. The van der Waals surface area contributed by atoms with Gasteiger partial charge >= 0.3 is 16.5 Å². The zero-order valence-electron chi connectivity index (χ0n) is 12.9. The predicted octanol–water partition coefficient (Wildman–Crippen LogP) is 1.11. The molecule has 0 aliphatic heterocycles. The molecule has 0 aliphatic rings. The van der Waals surface area contributed by atoms with E-state index in [2.05, 4.69) is 13.4 Å². The van der Waals surface area contributed by atoms with Gasteiger partial charge in [-0.2, -0.15) is 0 Å². The normalized spacial score (nSPS) is 12.5. The molecule has 22 heavy (non-hydrogen) atoms. The molecule has 0 fully saturated rings. The molecule has 0 aliphatic carbocycles. The first kappa shape index (κ1) is 24.2. The summed E-state index contributed by atoms with van der Waals surface area (Å²) in [5, 5.41) is 34.0. The fraction of sp³-hybridized carbons (Fsp3) is 1.00. The fourth-order valence-corrected chi connectivity index (χ4v) is 2.21. The summed E-state index contributed by atoms with van der Waals surface area (Å²) >= 11 is 0. The Kier molecular flexibility index (Phi) is 17.4. The number of hydrogen-bond acceptors (Lipinski definition) is 9. The number of aliphatic hydroxyl groups is 4. The Hall–Kier alpha value is -0.0800. The highest BCUT2D eigenvalue weighted by molar-refractivity contribution is 7.47. The van der Waals surface area contributed by atoms with Gasteiger partial charge in [-0.3, -0.25) is 0 Å². The highest BCUT2D eigenvalue weighted by Crippen LogP contribution is 2.39. The average Bonchev–Trinajstić information content (AvgIpc) is 2.54. The van der Waals surface area contributed by atoms with Crippen molar-refractivity contribution in [3.05, 3.63) is 0 Å². The lowest BCUT2D eigenvalue weighted by Crippen LogP contribution is -2.37. The van der Waals surface area contributed by atoms with Crippen LogP contribution < -0.4 is 0 Å². The van der Waals surface area contributed by atoms with Gasteiger partial charge in [0.2, 0.25) is 0 Å². The van der Waals surface area contributed by atoms with Crippen LogP contribution in [-0.4, -0.2) is 60.1 Å². The molecule has 4 N–H and O–H groups in total. The lowest BCUT2D eigenvalue weighted by atomic mass is 9.93. The van der Waals surface area contributed by atoms with Crippen molar-refractivity contribution >= 4 is 16.5 Å². The van der Waals surface area contributed by atoms with E-state index in [1.54, 1.807) is 0 Å². The minimum atomic E-state index is -2.30. The van der Waals surface area contributed by atoms with Gasteiger partial charge < -0.3 is 20.4 Å². The van der Waals surface area contributed by atoms with E-state index in [1.165, 1.54) is 0 Å². The largest absolute Gasteiger partial charge is 0.747 e. The third kappa shape index (κ3) is 12.5. The van der Waals surface area contributed by atoms with Gasteiger partial charge in [0, 0.05) is 9.13 Å². The van der Waals surface area contributed by atoms with Crippen molar-refractivity contribution in [3.8, 4) is 0 Å². The van der Waals surface area contributed by atoms with Crippen molar-refractivity contribution in [2.75, 3.05) is 39.6 Å². The number of aliphatic hydroxyl groups excluding tert-OH is 4. The fourth-order valence-electron chi connectivity index (χ4n) is 0.733. The van der Waals surface area contributed by atoms with E-state index in [1.807, 2.05) is 13.8 Å². The number of rotatable bonds is 12. The van der Waals surface area contributed by atoms with E-state index in [-0.39, 0.29) is 0 Å². The lowest BCUT2D eigenvalue weighted by Gasteiger charge is -2.23. The van der Waals surface area contributed by atoms with Crippen LogP contribution in [0.2, 0.25) is 0 Å². The molecule has 0 amide bonds. The average molecular weight is 364 g/mol. The Labute approximate surface area is 132 Å². The maximum atomic E-state index is 10.8. The van der Waals surface area contributed by atoms with Crippen molar-refractivity contribution in [3.63, 3.8) is 0 Å². The van der Waals surface area contributed by atoms with E-state index in [0.29, 0.717) is 13.2 Å². The molecule has 11 heteroatoms. The molecule has 2 unspecified atom stereocenters. The highest BCUT2D eigenvalue weighted by atomic mass is 31.2. The quantitative estimate of drug-likeness (QED) is 0.374. The van der Waals surface area contributed by atoms with Crippen LogP contribution in [0.4, 0.5) is 0 Å². The molecule has 0 radical (unpaired) electrons. The molecular formula is C11H26O9P2+2. The first-order chi connectivity index (χ1) is 10.4. The first-order valence-corrected chi connectivity index (χ1v) is 8.96. The summed E-state index contributed by atoms with van der Waals surface area (Å²) in [7, 11) is -4.60. The SMILES string of the molecule is CCCO[P+](=O)O[P+](=O)OCCC.OCC(CO)(CO)CO. The Bertz CT molecular complexity index is 262. The second kappa shape index (κ2) is 15.8. The van der Waals surface area contributed by atoms with Gasteiger partial charge in [0.05, 0.1) is 31.8 Å². The van der Waals surface area contributed by atoms with Crippen LogP contribution >= 0.6 is 16.5 Å². The van der Waals surface area contributed by atoms with E-state index >= 15 is 0 Å². The van der Waals surface area contributed by atoms with Crippen LogP contribution in [0.25, 0.3) is 0 Å². The second-order valence-electron chi connectivity index (χ2n) is 4.33. The molecule has 0 aromatic carbocycles. The van der Waals surface area contributed by atoms with Crippen LogP contribution in [0.15, 0.2) is 0 Å². The standard InChI is InChI=1S/C6H14O5P2.C5H12O4/c1-3-5-9-12(7)11-13(8)10-6-4-2;6-1-5(2-7,3-8)4-9/h3-6H2,1-2H3;6-9H,1-4H2/q+2;. The van der Waals surface area contributed by atoms with Crippen molar-refractivity contribution in [1.82, 2.24) is 0 Å². The third-order valence-corrected chi connectivity index (χ3v) is 4.13. The van der Waals surface area contributed by atoms with Gasteiger partial charge in [-0.1, -0.05) is 13.8 Å². The van der Waals surface area contributed by atoms with Crippen LogP contribution in [0, 0.1) is 5.41 Å². The maximum Gasteiger partial charge on any atom is 0.747 e. The van der Waals surface area contributed by atoms with Gasteiger partial charge in [-0.05, 0) is 12.8 Å². The summed E-state index contributed by atoms with van der Waals surface area (Å²) in [6.07, 6.45) is 1.47. The molecule has 0 aromatic rings. The molecule has 0 saturated carbocycles. The minimum Gasteiger partial charge on any atom is -0.396 e. The van der Waals surface area contributed by atoms with Crippen molar-refractivity contribution in [2.24, 2.45) is 5.41 Å². The minimum absolute atomic E-state index is 0.326. The molecule has 9 nitrogen and oxygen atoms in total. The second-order valence-corrected chi connectivity index (χ2v) is 6.39. The van der Waals surface area contributed by atoms with Gasteiger partial charge in [0.15, 0.2) is 4.31 Å². The Balaban J connectivity index is 0. The van der Waals surface area contributed by atoms with Gasteiger partial charge in [0.1, 0.15) is 13.2 Å². The topological polar surface area (TPSA) is 143 Å². The van der Waals surface area contributed by atoms with E-state index in [4.69, 9.17) is 20.4 Å². The first-order valence-electron chi connectivity index (χ1n) is 6.77. The molecule has 0 heterocycles. The monoisotopic (exact) mass is 364 g/mol. The molecule has 0 saturated heterocycles. The van der Waals surface area contributed by atoms with Crippen LogP contribution in [0.3, 0.4) is 0 Å². The van der Waals surface area contributed by atoms with Gasteiger partial charge in [0.25, 0.3) is 0 Å². The summed E-state index contributed by atoms with van der Waals surface area (Å²) in [5.74, 6) is 0. The van der Waals surface area contributed by atoms with Crippen LogP contribution in [0.5, 0.6) is 0 Å². The van der Waals surface area contributed by atoms with Crippen LogP contribution in [0.1, 0.15) is 26.7 Å². The zero-order chi connectivity index (χ0) is 17.4. The Morgan fingerprint density at radius 2 is 1.09 bits per heavy atom. The molecule has 0 aromatic heterocycles. The van der Waals surface area contributed by atoms with Crippen LogP contribution in [-0.2, 0) is 22.5 Å². The van der Waals surface area contributed by atoms with E-state index < -0.39 is 48.4 Å². The summed E-state index contributed by atoms with van der Waals surface area (Å²) in [4.78, 5) is 0. The predicted molar refractivity (Wildman–Crippen MR) is 79.6 cm³/mol. The highest BCUT2D eigenvalue weighted by Gasteiger charge is 2.39. The molecule has 0 rings (SSSR count). The third-order valence-electron chi connectivity index (χ3n) is 2.28. The van der Waals surface area contributed by atoms with E-state index in [0.717, 1.165) is 12.8 Å². The summed E-state index contributed by atoms with van der Waals surface area (Å²) < 4.78 is 35.4. The summed E-state index contributed by atoms with van der Waals surface area (Å²) in [6, 6.07) is 0. The molecular weight excluding hydrogens is 338 g/mol. The summed E-state index contributed by atoms with van der Waals surface area (Å²) in [6.45, 7) is 2.77. The maximum absolute atomic E-state index is 10.8. The van der Waals surface area contributed by atoms with Crippen molar-refractivity contribution in [2.45, 2.75) is 26.7 Å². The summed E-state index contributed by atoms with van der Waals surface area (Å²) in [5.41, 5.74) is -1.11. The molecule has 0 spiro atoms. The van der Waals surface area contributed by atoms with Crippen molar-refractivity contribution in [1.29, 1.82) is 0 Å². The van der Waals surface area contributed by atoms with Crippen molar-refractivity contribution < 1.29 is 42.9 Å².